The van der Waals surface area contributed by atoms with Crippen LogP contribution in [0.15, 0.2) is 18.3 Å². The van der Waals surface area contributed by atoms with Crippen LogP contribution in [0.4, 0.5) is 0 Å². The van der Waals surface area contributed by atoms with Crippen molar-refractivity contribution in [2.45, 2.75) is 32.3 Å². The first-order valence-corrected chi connectivity index (χ1v) is 5.31. The molecule has 0 amide bonds. The van der Waals surface area contributed by atoms with E-state index in [0.717, 1.165) is 30.7 Å². The fourth-order valence-electron chi connectivity index (χ4n) is 1.73. The van der Waals surface area contributed by atoms with Gasteiger partial charge in [0, 0.05) is 18.5 Å². The molecule has 3 heteroatoms. The van der Waals surface area contributed by atoms with Gasteiger partial charge in [0.05, 0.1) is 6.42 Å². The van der Waals surface area contributed by atoms with E-state index in [1.807, 2.05) is 19.1 Å². The van der Waals surface area contributed by atoms with Crippen molar-refractivity contribution in [3.05, 3.63) is 29.6 Å². The topological polar surface area (TPSA) is 39.2 Å². The molecule has 1 aromatic heterocycles. The van der Waals surface area contributed by atoms with E-state index < -0.39 is 0 Å². The quantitative estimate of drug-likeness (QED) is 0.753. The number of ether oxygens (including phenoxy) is 1. The molecule has 2 heterocycles. The van der Waals surface area contributed by atoms with Crippen LogP contribution in [0.3, 0.4) is 0 Å². The maximum absolute atomic E-state index is 11.7. The fraction of sp³-hybridized carbons (Fsp3) is 0.500. The average molecular weight is 205 g/mol. The van der Waals surface area contributed by atoms with Crippen molar-refractivity contribution in [3.63, 3.8) is 0 Å². The lowest BCUT2D eigenvalue weighted by atomic mass is 10.1. The highest BCUT2D eigenvalue weighted by molar-refractivity contribution is 5.85. The smallest absolute Gasteiger partial charge is 0.167 e. The second-order valence-corrected chi connectivity index (χ2v) is 3.97. The number of nitrogens with zero attached hydrogens (tertiary/aromatic N) is 1. The SMILES string of the molecule is Cc1ccc(CC(=O)C2CCCO2)nc1. The molecule has 1 aromatic rings. The summed E-state index contributed by atoms with van der Waals surface area (Å²) in [5.74, 6) is 0.156. The molecule has 0 spiro atoms. The highest BCUT2D eigenvalue weighted by Gasteiger charge is 2.23. The van der Waals surface area contributed by atoms with Crippen LogP contribution in [0, 0.1) is 6.92 Å². The minimum atomic E-state index is -0.187. The summed E-state index contributed by atoms with van der Waals surface area (Å²) in [5, 5.41) is 0. The van der Waals surface area contributed by atoms with Crippen LogP contribution in [0.2, 0.25) is 0 Å². The van der Waals surface area contributed by atoms with Crippen molar-refractivity contribution in [1.29, 1.82) is 0 Å². The van der Waals surface area contributed by atoms with Crippen molar-refractivity contribution in [2.75, 3.05) is 6.61 Å². The summed E-state index contributed by atoms with van der Waals surface area (Å²) < 4.78 is 5.33. The summed E-state index contributed by atoms with van der Waals surface area (Å²) >= 11 is 0. The van der Waals surface area contributed by atoms with Gasteiger partial charge in [0.15, 0.2) is 5.78 Å². The van der Waals surface area contributed by atoms with E-state index in [0.29, 0.717) is 6.42 Å². The van der Waals surface area contributed by atoms with Crippen molar-refractivity contribution in [2.24, 2.45) is 0 Å². The van der Waals surface area contributed by atoms with Gasteiger partial charge < -0.3 is 4.74 Å². The number of carbonyl (C=O) groups excluding carboxylic acids is 1. The highest BCUT2D eigenvalue weighted by Crippen LogP contribution is 2.14. The lowest BCUT2D eigenvalue weighted by Gasteiger charge is -2.07. The van der Waals surface area contributed by atoms with Gasteiger partial charge in [-0.2, -0.15) is 0 Å². The molecule has 1 aliphatic heterocycles. The van der Waals surface area contributed by atoms with Gasteiger partial charge in [-0.05, 0) is 31.4 Å². The summed E-state index contributed by atoms with van der Waals surface area (Å²) in [4.78, 5) is 15.9. The molecule has 1 unspecified atom stereocenters. The Hall–Kier alpha value is -1.22. The Morgan fingerprint density at radius 2 is 2.47 bits per heavy atom. The number of rotatable bonds is 3. The number of carbonyl (C=O) groups is 1. The van der Waals surface area contributed by atoms with Gasteiger partial charge in [0.25, 0.3) is 0 Å². The van der Waals surface area contributed by atoms with Crippen LogP contribution in [-0.2, 0) is 16.0 Å². The fourth-order valence-corrected chi connectivity index (χ4v) is 1.73. The second kappa shape index (κ2) is 4.53. The lowest BCUT2D eigenvalue weighted by Crippen LogP contribution is -2.21. The zero-order valence-corrected chi connectivity index (χ0v) is 8.90. The first-order valence-electron chi connectivity index (χ1n) is 5.31. The number of hydrogen-bond donors (Lipinski definition) is 0. The summed E-state index contributed by atoms with van der Waals surface area (Å²) in [6, 6.07) is 3.88. The van der Waals surface area contributed by atoms with Crippen molar-refractivity contribution >= 4 is 5.78 Å². The monoisotopic (exact) mass is 205 g/mol. The number of aromatic nitrogens is 1. The molecule has 1 fully saturated rings. The number of aryl methyl sites for hydroxylation is 1. The van der Waals surface area contributed by atoms with Crippen LogP contribution in [-0.4, -0.2) is 23.5 Å². The standard InChI is InChI=1S/C12H15NO2/c1-9-4-5-10(13-8-9)7-11(14)12-3-2-6-15-12/h4-5,8,12H,2-3,6-7H2,1H3. The number of Topliss-reactive ketones (excluding diaryl/α,β-unsaturated/α-hetero) is 1. The molecule has 0 bridgehead atoms. The van der Waals surface area contributed by atoms with Crippen molar-refractivity contribution < 1.29 is 9.53 Å². The van der Waals surface area contributed by atoms with E-state index in [-0.39, 0.29) is 11.9 Å². The average Bonchev–Trinajstić information content (AvgIpc) is 2.74. The van der Waals surface area contributed by atoms with E-state index in [2.05, 4.69) is 4.98 Å². The van der Waals surface area contributed by atoms with Crippen LogP contribution < -0.4 is 0 Å². The summed E-state index contributed by atoms with van der Waals surface area (Å²) in [6.07, 6.45) is 3.86. The Bertz CT molecular complexity index is 339. The molecule has 2 rings (SSSR count). The molecule has 0 aliphatic carbocycles. The third-order valence-corrected chi connectivity index (χ3v) is 2.62. The third-order valence-electron chi connectivity index (χ3n) is 2.62. The lowest BCUT2D eigenvalue weighted by molar-refractivity contribution is -0.127. The number of ketones is 1. The van der Waals surface area contributed by atoms with Crippen LogP contribution in [0.1, 0.15) is 24.1 Å². The molecule has 0 saturated carbocycles. The molecule has 0 aromatic carbocycles. The van der Waals surface area contributed by atoms with Crippen molar-refractivity contribution in [1.82, 2.24) is 4.98 Å². The first kappa shape index (κ1) is 10.3. The van der Waals surface area contributed by atoms with Crippen molar-refractivity contribution in [3.8, 4) is 0 Å². The van der Waals surface area contributed by atoms with Crippen LogP contribution in [0.5, 0.6) is 0 Å². The Labute approximate surface area is 89.5 Å². The van der Waals surface area contributed by atoms with Gasteiger partial charge in [0.2, 0.25) is 0 Å². The zero-order chi connectivity index (χ0) is 10.7. The van der Waals surface area contributed by atoms with E-state index in [1.54, 1.807) is 6.20 Å². The van der Waals surface area contributed by atoms with Crippen LogP contribution in [0.25, 0.3) is 0 Å². The summed E-state index contributed by atoms with van der Waals surface area (Å²) in [5.41, 5.74) is 1.95. The molecular formula is C12H15NO2. The van der Waals surface area contributed by atoms with Gasteiger partial charge in [-0.1, -0.05) is 6.07 Å². The maximum atomic E-state index is 11.7. The molecule has 1 atom stereocenters. The van der Waals surface area contributed by atoms with Gasteiger partial charge in [0.1, 0.15) is 6.10 Å². The zero-order valence-electron chi connectivity index (χ0n) is 8.90. The Morgan fingerprint density at radius 3 is 3.07 bits per heavy atom. The molecule has 15 heavy (non-hydrogen) atoms. The third kappa shape index (κ3) is 2.63. The van der Waals surface area contributed by atoms with E-state index >= 15 is 0 Å². The van der Waals surface area contributed by atoms with E-state index in [4.69, 9.17) is 4.74 Å². The molecule has 80 valence electrons. The Morgan fingerprint density at radius 1 is 1.60 bits per heavy atom. The Kier molecular flexibility index (Phi) is 3.11. The summed E-state index contributed by atoms with van der Waals surface area (Å²) in [6.45, 7) is 2.70. The molecule has 1 saturated heterocycles. The predicted octanol–water partition coefficient (Wildman–Crippen LogP) is 1.68. The maximum Gasteiger partial charge on any atom is 0.167 e. The minimum Gasteiger partial charge on any atom is -0.370 e. The van der Waals surface area contributed by atoms with E-state index in [1.165, 1.54) is 0 Å². The second-order valence-electron chi connectivity index (χ2n) is 3.97. The molecular weight excluding hydrogens is 190 g/mol. The number of hydrogen-bond acceptors (Lipinski definition) is 3. The molecule has 1 aliphatic rings. The molecule has 0 N–H and O–H groups in total. The van der Waals surface area contributed by atoms with Gasteiger partial charge in [-0.25, -0.2) is 0 Å². The van der Waals surface area contributed by atoms with Gasteiger partial charge in [-0.3, -0.25) is 9.78 Å². The largest absolute Gasteiger partial charge is 0.370 e. The van der Waals surface area contributed by atoms with Gasteiger partial charge >= 0.3 is 0 Å². The summed E-state index contributed by atoms with van der Waals surface area (Å²) in [7, 11) is 0. The van der Waals surface area contributed by atoms with Gasteiger partial charge in [-0.15, -0.1) is 0 Å². The predicted molar refractivity (Wildman–Crippen MR) is 56.7 cm³/mol. The highest BCUT2D eigenvalue weighted by atomic mass is 16.5. The normalized spacial score (nSPS) is 20.5. The number of pyridine rings is 1. The molecule has 0 radical (unpaired) electrons. The van der Waals surface area contributed by atoms with Crippen LogP contribution >= 0.6 is 0 Å². The first-order chi connectivity index (χ1) is 7.25. The Balaban J connectivity index is 1.96. The molecule has 3 nitrogen and oxygen atoms in total. The minimum absolute atomic E-state index is 0.156. The van der Waals surface area contributed by atoms with E-state index in [9.17, 15) is 4.79 Å².